The molecule has 1 amide bonds. The molecule has 9 rings (SSSR count). The molecule has 0 saturated carbocycles. The van der Waals surface area contributed by atoms with Crippen molar-refractivity contribution in [3.63, 3.8) is 0 Å². The molecule has 2 aliphatic rings. The third-order valence-electron chi connectivity index (χ3n) is 11.4. The molecule has 0 aliphatic carbocycles. The lowest BCUT2D eigenvalue weighted by atomic mass is 9.89. The highest BCUT2D eigenvalue weighted by atomic mass is 35.5. The number of amides is 1. The summed E-state index contributed by atoms with van der Waals surface area (Å²) in [5.41, 5.74) is 8.24. The van der Waals surface area contributed by atoms with Crippen molar-refractivity contribution < 1.29 is 17.9 Å². The molecular weight excluding hydrogens is 884 g/mol. The molecule has 14 nitrogen and oxygen atoms in total. The van der Waals surface area contributed by atoms with Gasteiger partial charge in [0.15, 0.2) is 0 Å². The van der Waals surface area contributed by atoms with E-state index in [2.05, 4.69) is 35.5 Å². The summed E-state index contributed by atoms with van der Waals surface area (Å²) in [6, 6.07) is 25.1. The summed E-state index contributed by atoms with van der Waals surface area (Å²) in [5, 5.41) is 17.4. The Morgan fingerprint density at radius 2 is 1.31 bits per heavy atom. The lowest BCUT2D eigenvalue weighted by molar-refractivity contribution is 0.0204. The topological polar surface area (TPSA) is 174 Å². The molecule has 0 bridgehead atoms. The minimum atomic E-state index is -4.09. The van der Waals surface area contributed by atoms with Crippen LogP contribution in [0.3, 0.4) is 0 Å². The Balaban J connectivity index is 0.000000203. The van der Waals surface area contributed by atoms with E-state index in [9.17, 15) is 13.2 Å². The minimum Gasteiger partial charge on any atom is -0.444 e. The van der Waals surface area contributed by atoms with E-state index in [1.165, 1.54) is 12.0 Å². The number of carbonyl (C=O) groups excluding carboxylic acids is 1. The highest BCUT2D eigenvalue weighted by Crippen LogP contribution is 2.43. The van der Waals surface area contributed by atoms with Crippen molar-refractivity contribution in [2.75, 3.05) is 26.2 Å². The highest BCUT2D eigenvalue weighted by Gasteiger charge is 2.35. The molecule has 2 fully saturated rings. The van der Waals surface area contributed by atoms with E-state index in [0.29, 0.717) is 65.1 Å². The molecule has 7 aromatic rings. The maximum atomic E-state index is 14.1. The Morgan fingerprint density at radius 3 is 1.86 bits per heavy atom. The summed E-state index contributed by atoms with van der Waals surface area (Å²) in [6.45, 7) is 10.4. The van der Waals surface area contributed by atoms with Crippen molar-refractivity contribution in [2.45, 2.75) is 75.7 Å². The molecule has 4 aromatic heterocycles. The van der Waals surface area contributed by atoms with E-state index in [4.69, 9.17) is 33.0 Å². The van der Waals surface area contributed by atoms with Gasteiger partial charge in [0, 0.05) is 69.7 Å². The van der Waals surface area contributed by atoms with E-state index in [-0.39, 0.29) is 16.9 Å². The van der Waals surface area contributed by atoms with Gasteiger partial charge in [0.1, 0.15) is 23.9 Å². The molecule has 0 radical (unpaired) electrons. The average molecular weight is 934 g/mol. The Kier molecular flexibility index (Phi) is 13.8. The van der Waals surface area contributed by atoms with Crippen LogP contribution in [0.15, 0.2) is 115 Å². The minimum absolute atomic E-state index is 0.126. The zero-order valence-corrected chi connectivity index (χ0v) is 38.9. The number of hydrogen-bond donors (Lipinski definition) is 2. The first-order valence-electron chi connectivity index (χ1n) is 21.5. The van der Waals surface area contributed by atoms with E-state index < -0.39 is 15.6 Å². The van der Waals surface area contributed by atoms with Crippen LogP contribution in [0.5, 0.6) is 0 Å². The predicted molar refractivity (Wildman–Crippen MR) is 252 cm³/mol. The Hall–Kier alpha value is -6.00. The number of piperidine rings is 2. The van der Waals surface area contributed by atoms with Crippen LogP contribution in [0, 0.1) is 6.92 Å². The summed E-state index contributed by atoms with van der Waals surface area (Å²) in [6.07, 6.45) is 9.41. The van der Waals surface area contributed by atoms with Gasteiger partial charge in [-0.3, -0.25) is 5.10 Å². The van der Waals surface area contributed by atoms with E-state index in [0.717, 1.165) is 63.1 Å². The first-order valence-corrected chi connectivity index (χ1v) is 23.7. The van der Waals surface area contributed by atoms with Gasteiger partial charge in [0.2, 0.25) is 0 Å². The van der Waals surface area contributed by atoms with Gasteiger partial charge in [-0.2, -0.15) is 22.7 Å². The molecule has 0 spiro atoms. The molecule has 2 aliphatic heterocycles. The van der Waals surface area contributed by atoms with Crippen LogP contribution in [0.4, 0.5) is 4.79 Å². The van der Waals surface area contributed by atoms with Gasteiger partial charge in [-0.05, 0) is 115 Å². The number of H-pyrrole nitrogens is 1. The van der Waals surface area contributed by atoms with Crippen molar-refractivity contribution in [3.05, 3.63) is 137 Å². The normalized spacial score (nSPS) is 15.0. The molecule has 3 aromatic carbocycles. The summed E-state index contributed by atoms with van der Waals surface area (Å²) < 4.78 is 34.9. The van der Waals surface area contributed by atoms with Gasteiger partial charge in [0.05, 0.1) is 33.2 Å². The summed E-state index contributed by atoms with van der Waals surface area (Å²) in [4.78, 5) is 31.6. The molecule has 0 unspecified atom stereocenters. The van der Waals surface area contributed by atoms with Crippen LogP contribution in [-0.2, 0) is 14.8 Å². The van der Waals surface area contributed by atoms with E-state index in [1.807, 2.05) is 58.0 Å². The zero-order chi connectivity index (χ0) is 45.7. The number of ether oxygens (including phenoxy) is 1. The fraction of sp³-hybridized carbons (Fsp3) is 0.312. The smallest absolute Gasteiger partial charge is 0.410 e. The first kappa shape index (κ1) is 45.6. The number of aromatic amines is 1. The monoisotopic (exact) mass is 932 g/mol. The van der Waals surface area contributed by atoms with Gasteiger partial charge in [-0.25, -0.2) is 24.7 Å². The van der Waals surface area contributed by atoms with Crippen LogP contribution in [0.25, 0.3) is 45.0 Å². The number of halogens is 2. The molecule has 65 heavy (non-hydrogen) atoms. The number of aromatic nitrogens is 8. The Labute approximate surface area is 388 Å². The average Bonchev–Trinajstić information content (AvgIpc) is 3.95. The first-order chi connectivity index (χ1) is 31.3. The number of aryl methyl sites for hydroxylation is 1. The summed E-state index contributed by atoms with van der Waals surface area (Å²) >= 11 is 12.2. The van der Waals surface area contributed by atoms with Crippen molar-refractivity contribution in [2.24, 2.45) is 0 Å². The van der Waals surface area contributed by atoms with Gasteiger partial charge in [-0.1, -0.05) is 65.2 Å². The third kappa shape index (κ3) is 10.4. The lowest BCUT2D eigenvalue weighted by Crippen LogP contribution is -2.41. The molecule has 336 valence electrons. The number of nitrogens with zero attached hydrogens (tertiary/aromatic N) is 8. The Morgan fingerprint density at radius 1 is 0.738 bits per heavy atom. The number of rotatable bonds is 8. The van der Waals surface area contributed by atoms with Crippen molar-refractivity contribution in [3.8, 4) is 45.0 Å². The largest absolute Gasteiger partial charge is 0.444 e. The second-order valence-electron chi connectivity index (χ2n) is 17.1. The molecule has 2 N–H and O–H groups in total. The van der Waals surface area contributed by atoms with Crippen LogP contribution in [0.2, 0.25) is 10.0 Å². The molecular formula is C48H50Cl2N10O4S. The summed E-state index contributed by atoms with van der Waals surface area (Å²) in [5.74, 6) is 0.337. The quantitative estimate of drug-likeness (QED) is 0.148. The molecule has 6 heterocycles. The van der Waals surface area contributed by atoms with Gasteiger partial charge in [0.25, 0.3) is 10.0 Å². The zero-order valence-electron chi connectivity index (χ0n) is 36.6. The number of benzene rings is 3. The maximum Gasteiger partial charge on any atom is 0.410 e. The third-order valence-corrected chi connectivity index (χ3v) is 13.5. The second-order valence-corrected chi connectivity index (χ2v) is 19.7. The Bertz CT molecular complexity index is 2820. The maximum absolute atomic E-state index is 14.1. The number of likely N-dealkylation sites (tertiary alicyclic amines) is 1. The SMILES string of the molecule is Cc1ccc(S(=O)(=O)n2nc(C3CCN(C(=O)OC(C)(C)C)CC3)c(-c3ccncn3)c2-c2ccc(Cl)cc2)cc1.Clc1ccc(-c2n[nH]c(C3CCNCC3)c2-c2ccncn2)cc1. The molecule has 2 saturated heterocycles. The predicted octanol–water partition coefficient (Wildman–Crippen LogP) is 9.97. The van der Waals surface area contributed by atoms with Crippen LogP contribution in [-0.4, -0.2) is 90.5 Å². The van der Waals surface area contributed by atoms with Crippen LogP contribution < -0.4 is 5.32 Å². The number of hydrogen-bond acceptors (Lipinski definition) is 11. The van der Waals surface area contributed by atoms with Crippen molar-refractivity contribution in [1.29, 1.82) is 0 Å². The highest BCUT2D eigenvalue weighted by molar-refractivity contribution is 7.90. The van der Waals surface area contributed by atoms with Crippen LogP contribution >= 0.6 is 23.2 Å². The number of carbonyl (C=O) groups is 1. The fourth-order valence-electron chi connectivity index (χ4n) is 8.18. The summed E-state index contributed by atoms with van der Waals surface area (Å²) in [7, 11) is -4.09. The fourth-order valence-corrected chi connectivity index (χ4v) is 9.74. The van der Waals surface area contributed by atoms with Crippen molar-refractivity contribution in [1.82, 2.24) is 49.5 Å². The lowest BCUT2D eigenvalue weighted by Gasteiger charge is -2.33. The molecule has 0 atom stereocenters. The van der Waals surface area contributed by atoms with E-state index in [1.54, 1.807) is 78.2 Å². The standard InChI is InChI=1S/C30H32ClN5O4S.C18H18ClN5/c1-20-5-11-24(12-6-20)41(38,39)36-28(22-7-9-23(31)10-8-22)26(25-13-16-32-19-33-25)27(34-36)21-14-17-35(18-15-21)29(37)40-30(2,3)4;19-14-3-1-12(2-4-14)17-16(15-7-10-21-11-22-15)18(24-23-17)13-5-8-20-9-6-13/h5-13,16,19,21H,14-15,17-18H2,1-4H3;1-4,7,10-11,13,20H,5-6,8-9H2,(H,23,24). The van der Waals surface area contributed by atoms with Crippen LogP contribution in [0.1, 0.15) is 75.2 Å². The number of nitrogens with one attached hydrogen (secondary N) is 2. The molecule has 17 heteroatoms. The second kappa shape index (κ2) is 19.6. The van der Waals surface area contributed by atoms with Gasteiger partial charge < -0.3 is 15.0 Å². The van der Waals surface area contributed by atoms with Gasteiger partial charge in [-0.15, -0.1) is 0 Å². The van der Waals surface area contributed by atoms with E-state index >= 15 is 0 Å². The van der Waals surface area contributed by atoms with Crippen molar-refractivity contribution >= 4 is 39.3 Å². The van der Waals surface area contributed by atoms with Gasteiger partial charge >= 0.3 is 6.09 Å².